The lowest BCUT2D eigenvalue weighted by Crippen LogP contribution is -2.36. The summed E-state index contributed by atoms with van der Waals surface area (Å²) in [4.78, 5) is 23.2. The lowest BCUT2D eigenvalue weighted by atomic mass is 9.95. The number of aromatic carboxylic acids is 1. The Bertz CT molecular complexity index is 771. The van der Waals surface area contributed by atoms with Crippen molar-refractivity contribution in [2.24, 2.45) is 5.92 Å². The highest BCUT2D eigenvalue weighted by Gasteiger charge is 2.25. The molecule has 7 nitrogen and oxygen atoms in total. The fraction of sp³-hybridized carbons (Fsp3) is 0.389. The molecule has 0 spiro atoms. The molecule has 1 saturated heterocycles. The maximum Gasteiger partial charge on any atom is 0.356 e. The predicted molar refractivity (Wildman–Crippen MR) is 90.5 cm³/mol. The molecule has 3 rings (SSSR count). The number of nitrogens with one attached hydrogen (secondary N) is 1. The van der Waals surface area contributed by atoms with Gasteiger partial charge in [0.15, 0.2) is 5.69 Å². The third-order valence-corrected chi connectivity index (χ3v) is 4.31. The molecule has 2 N–H and O–H groups in total. The molecule has 25 heavy (non-hydrogen) atoms. The molecule has 7 heteroatoms. The van der Waals surface area contributed by atoms with Gasteiger partial charge in [0.25, 0.3) is 0 Å². The molecule has 1 fully saturated rings. The molecule has 0 aliphatic carbocycles. The number of hydrogen-bond donors (Lipinski definition) is 2. The number of nitrogens with zero attached hydrogens (tertiary/aromatic N) is 2. The molecule has 1 aromatic carbocycles. The zero-order valence-corrected chi connectivity index (χ0v) is 14.0. The largest absolute Gasteiger partial charge is 0.476 e. The van der Waals surface area contributed by atoms with Crippen LogP contribution in [0.1, 0.15) is 35.8 Å². The molecule has 132 valence electrons. The molecule has 1 aliphatic heterocycles. The second-order valence-corrected chi connectivity index (χ2v) is 6.24. The Morgan fingerprint density at radius 2 is 2.24 bits per heavy atom. The number of benzene rings is 1. The highest BCUT2D eigenvalue weighted by molar-refractivity contribution is 5.85. The monoisotopic (exact) mass is 343 g/mol. The molecule has 0 saturated carbocycles. The summed E-state index contributed by atoms with van der Waals surface area (Å²) in [5.74, 6) is -1.02. The third kappa shape index (κ3) is 4.24. The first-order valence-electron chi connectivity index (χ1n) is 8.30. The summed E-state index contributed by atoms with van der Waals surface area (Å²) in [6.45, 7) is 3.03. The van der Waals surface area contributed by atoms with Crippen LogP contribution in [0.5, 0.6) is 0 Å². The van der Waals surface area contributed by atoms with E-state index in [1.54, 1.807) is 6.20 Å². The number of carbonyl (C=O) groups excluding carboxylic acids is 1. The van der Waals surface area contributed by atoms with Gasteiger partial charge >= 0.3 is 5.97 Å². The van der Waals surface area contributed by atoms with Gasteiger partial charge in [-0.1, -0.05) is 12.1 Å². The zero-order valence-electron chi connectivity index (χ0n) is 14.0. The average Bonchev–Trinajstić information content (AvgIpc) is 3.10. The van der Waals surface area contributed by atoms with E-state index in [-0.39, 0.29) is 23.6 Å². The van der Waals surface area contributed by atoms with Crippen LogP contribution in [0.4, 0.5) is 0 Å². The van der Waals surface area contributed by atoms with Crippen LogP contribution in [0, 0.1) is 5.92 Å². The zero-order chi connectivity index (χ0) is 17.8. The SMILES string of the molecule is CC1CC(C(=O)NCc2cccc(-n3ccc(C(=O)O)n3)c2)CCO1. The van der Waals surface area contributed by atoms with Crippen LogP contribution in [-0.4, -0.2) is 39.5 Å². The number of rotatable bonds is 5. The first-order chi connectivity index (χ1) is 12.0. The molecule has 2 atom stereocenters. The summed E-state index contributed by atoms with van der Waals surface area (Å²) in [6, 6.07) is 8.94. The van der Waals surface area contributed by atoms with Crippen LogP contribution in [0.2, 0.25) is 0 Å². The van der Waals surface area contributed by atoms with E-state index in [4.69, 9.17) is 9.84 Å². The van der Waals surface area contributed by atoms with Crippen LogP contribution in [0.25, 0.3) is 5.69 Å². The maximum absolute atomic E-state index is 12.3. The summed E-state index contributed by atoms with van der Waals surface area (Å²) < 4.78 is 6.98. The van der Waals surface area contributed by atoms with E-state index < -0.39 is 5.97 Å². The minimum atomic E-state index is -1.06. The number of amides is 1. The van der Waals surface area contributed by atoms with E-state index in [1.807, 2.05) is 31.2 Å². The maximum atomic E-state index is 12.3. The van der Waals surface area contributed by atoms with Crippen molar-refractivity contribution < 1.29 is 19.4 Å². The van der Waals surface area contributed by atoms with Gasteiger partial charge in [-0.2, -0.15) is 5.10 Å². The number of carboxylic acids is 1. The first kappa shape index (κ1) is 17.2. The minimum absolute atomic E-state index is 0.00354. The Morgan fingerprint density at radius 1 is 1.40 bits per heavy atom. The molecule has 1 amide bonds. The molecular formula is C18H21N3O4. The lowest BCUT2D eigenvalue weighted by molar-refractivity contribution is -0.129. The summed E-state index contributed by atoms with van der Waals surface area (Å²) >= 11 is 0. The van der Waals surface area contributed by atoms with E-state index in [2.05, 4.69) is 10.4 Å². The van der Waals surface area contributed by atoms with Crippen molar-refractivity contribution in [2.75, 3.05) is 6.61 Å². The van der Waals surface area contributed by atoms with E-state index in [0.29, 0.717) is 13.2 Å². The standard InChI is InChI=1S/C18H21N3O4/c1-12-9-14(6-8-25-12)17(22)19-11-13-3-2-4-15(10-13)21-7-5-16(20-21)18(23)24/h2-5,7,10,12,14H,6,8-9,11H2,1H3,(H,19,22)(H,23,24). The smallest absolute Gasteiger partial charge is 0.356 e. The Kier molecular flexibility index (Phi) is 5.14. The number of carboxylic acid groups (broad SMARTS) is 1. The Labute approximate surface area is 145 Å². The second kappa shape index (κ2) is 7.48. The van der Waals surface area contributed by atoms with Crippen molar-refractivity contribution in [2.45, 2.75) is 32.4 Å². The topological polar surface area (TPSA) is 93.5 Å². The van der Waals surface area contributed by atoms with E-state index >= 15 is 0 Å². The normalized spacial score (nSPS) is 20.2. The fourth-order valence-electron chi connectivity index (χ4n) is 2.96. The lowest BCUT2D eigenvalue weighted by Gasteiger charge is -2.26. The van der Waals surface area contributed by atoms with E-state index in [0.717, 1.165) is 24.1 Å². The van der Waals surface area contributed by atoms with Crippen LogP contribution in [0.3, 0.4) is 0 Å². The molecule has 0 bridgehead atoms. The molecule has 1 aliphatic rings. The minimum Gasteiger partial charge on any atom is -0.476 e. The van der Waals surface area contributed by atoms with Crippen molar-refractivity contribution in [1.29, 1.82) is 0 Å². The second-order valence-electron chi connectivity index (χ2n) is 6.24. The van der Waals surface area contributed by atoms with Crippen molar-refractivity contribution in [3.8, 4) is 5.69 Å². The van der Waals surface area contributed by atoms with Crippen molar-refractivity contribution in [1.82, 2.24) is 15.1 Å². The van der Waals surface area contributed by atoms with Crippen molar-refractivity contribution in [3.63, 3.8) is 0 Å². The van der Waals surface area contributed by atoms with E-state index in [1.165, 1.54) is 10.7 Å². The van der Waals surface area contributed by atoms with Crippen molar-refractivity contribution in [3.05, 3.63) is 47.8 Å². The molecule has 2 unspecified atom stereocenters. The van der Waals surface area contributed by atoms with Gasteiger partial charge in [-0.15, -0.1) is 0 Å². The van der Waals surface area contributed by atoms with Gasteiger partial charge in [-0.25, -0.2) is 9.48 Å². The summed E-state index contributed by atoms with van der Waals surface area (Å²) in [6.07, 6.45) is 3.22. The summed E-state index contributed by atoms with van der Waals surface area (Å²) in [7, 11) is 0. The Morgan fingerprint density at radius 3 is 2.96 bits per heavy atom. The summed E-state index contributed by atoms with van der Waals surface area (Å²) in [5.41, 5.74) is 1.67. The Balaban J connectivity index is 1.63. The van der Waals surface area contributed by atoms with Gasteiger partial charge in [-0.05, 0) is 43.5 Å². The average molecular weight is 343 g/mol. The highest BCUT2D eigenvalue weighted by atomic mass is 16.5. The van der Waals surface area contributed by atoms with Gasteiger partial charge in [0, 0.05) is 25.3 Å². The number of ether oxygens (including phenoxy) is 1. The fourth-order valence-corrected chi connectivity index (χ4v) is 2.96. The Hall–Kier alpha value is -2.67. The van der Waals surface area contributed by atoms with Gasteiger partial charge in [0.1, 0.15) is 0 Å². The van der Waals surface area contributed by atoms with Gasteiger partial charge in [0.2, 0.25) is 5.91 Å². The van der Waals surface area contributed by atoms with Crippen molar-refractivity contribution >= 4 is 11.9 Å². The molecule has 0 radical (unpaired) electrons. The van der Waals surface area contributed by atoms with E-state index in [9.17, 15) is 9.59 Å². The first-order valence-corrected chi connectivity index (χ1v) is 8.30. The highest BCUT2D eigenvalue weighted by Crippen LogP contribution is 2.20. The quantitative estimate of drug-likeness (QED) is 0.866. The number of aromatic nitrogens is 2. The molecule has 1 aromatic heterocycles. The van der Waals surface area contributed by atoms with Crippen LogP contribution in [0.15, 0.2) is 36.5 Å². The van der Waals surface area contributed by atoms with Gasteiger partial charge in [-0.3, -0.25) is 4.79 Å². The van der Waals surface area contributed by atoms with Gasteiger partial charge < -0.3 is 15.2 Å². The van der Waals surface area contributed by atoms with Crippen LogP contribution >= 0.6 is 0 Å². The number of hydrogen-bond acceptors (Lipinski definition) is 4. The molecule has 2 heterocycles. The summed E-state index contributed by atoms with van der Waals surface area (Å²) in [5, 5.41) is 15.9. The third-order valence-electron chi connectivity index (χ3n) is 4.31. The number of carbonyl (C=O) groups is 2. The predicted octanol–water partition coefficient (Wildman–Crippen LogP) is 2.00. The molecule has 2 aromatic rings. The molecular weight excluding hydrogens is 322 g/mol. The van der Waals surface area contributed by atoms with Crippen LogP contribution < -0.4 is 5.32 Å². The van der Waals surface area contributed by atoms with Crippen LogP contribution in [-0.2, 0) is 16.1 Å². The van der Waals surface area contributed by atoms with Gasteiger partial charge in [0.05, 0.1) is 11.8 Å².